The van der Waals surface area contributed by atoms with Crippen LogP contribution < -0.4 is 9.80 Å². The fourth-order valence-electron chi connectivity index (χ4n) is 3.75. The lowest BCUT2D eigenvalue weighted by molar-refractivity contribution is -0.121. The lowest BCUT2D eigenvalue weighted by Gasteiger charge is -2.35. The number of hydrogen-bond acceptors (Lipinski definition) is 7. The molecule has 2 aromatic rings. The van der Waals surface area contributed by atoms with Gasteiger partial charge in [0.25, 0.3) is 0 Å². The van der Waals surface area contributed by atoms with E-state index in [1.807, 2.05) is 13.8 Å². The highest BCUT2D eigenvalue weighted by Crippen LogP contribution is 2.46. The van der Waals surface area contributed by atoms with E-state index in [1.165, 1.54) is 4.90 Å². The summed E-state index contributed by atoms with van der Waals surface area (Å²) in [5, 5.41) is 0.151. The Morgan fingerprint density at radius 1 is 1.11 bits per heavy atom. The molecule has 0 radical (unpaired) electrons. The Labute approximate surface area is 172 Å². The molecule has 0 bridgehead atoms. The summed E-state index contributed by atoms with van der Waals surface area (Å²) in [6.45, 7) is 9.02. The fraction of sp³-hybridized carbons (Fsp3) is 0.500. The molecule has 148 valence electrons. The van der Waals surface area contributed by atoms with Crippen LogP contribution >= 0.6 is 23.2 Å². The highest BCUT2D eigenvalue weighted by atomic mass is 35.5. The summed E-state index contributed by atoms with van der Waals surface area (Å²) in [6, 6.07) is 0. The van der Waals surface area contributed by atoms with E-state index in [4.69, 9.17) is 27.9 Å². The van der Waals surface area contributed by atoms with Crippen LogP contribution in [0.3, 0.4) is 0 Å². The monoisotopic (exact) mass is 422 g/mol. The Balaban J connectivity index is 1.70. The van der Waals surface area contributed by atoms with Crippen LogP contribution in [-0.4, -0.2) is 51.1 Å². The summed E-state index contributed by atoms with van der Waals surface area (Å²) in [5.41, 5.74) is 0.161. The largest absolute Gasteiger partial charge is 0.372 e. The molecule has 0 spiro atoms. The second-order valence-electron chi connectivity index (χ2n) is 7.65. The van der Waals surface area contributed by atoms with Crippen molar-refractivity contribution in [1.29, 1.82) is 0 Å². The van der Waals surface area contributed by atoms with Crippen molar-refractivity contribution in [2.75, 3.05) is 22.9 Å². The van der Waals surface area contributed by atoms with Crippen LogP contribution in [-0.2, 0) is 14.9 Å². The number of aromatic nitrogens is 4. The summed E-state index contributed by atoms with van der Waals surface area (Å²) in [4.78, 5) is 33.8. The average Bonchev–Trinajstić information content (AvgIpc) is 2.80. The van der Waals surface area contributed by atoms with Gasteiger partial charge in [-0.2, -0.15) is 4.98 Å². The van der Waals surface area contributed by atoms with E-state index in [0.717, 1.165) is 0 Å². The highest BCUT2D eigenvalue weighted by Gasteiger charge is 2.48. The van der Waals surface area contributed by atoms with Gasteiger partial charge in [-0.05, 0) is 39.3 Å². The first kappa shape index (κ1) is 19.3. The number of anilines is 3. The highest BCUT2D eigenvalue weighted by molar-refractivity contribution is 6.34. The van der Waals surface area contributed by atoms with Gasteiger partial charge >= 0.3 is 0 Å². The molecule has 1 fully saturated rings. The zero-order valence-corrected chi connectivity index (χ0v) is 17.5. The normalized spacial score (nSPS) is 23.9. The molecule has 0 aromatic carbocycles. The van der Waals surface area contributed by atoms with E-state index < -0.39 is 5.41 Å². The van der Waals surface area contributed by atoms with Gasteiger partial charge in [-0.25, -0.2) is 15.0 Å². The molecule has 28 heavy (non-hydrogen) atoms. The third kappa shape index (κ3) is 3.09. The smallest absolute Gasteiger partial charge is 0.243 e. The SMILES string of the molecule is C[C@@H]1CN(c2ncc(N3C(=O)C(C)(C)c4c(Cl)nc(Cl)nc43)cn2)C[C@H](C)O1. The first-order chi connectivity index (χ1) is 13.2. The number of carbonyl (C=O) groups excluding carboxylic acids is 1. The standard InChI is InChI=1S/C18H20Cl2N6O2/c1-9-7-25(8-10(2)28-9)17-21-5-11(6-22-17)26-14-12(18(3,4)15(26)27)13(19)23-16(20)24-14/h5-6,9-10H,7-8H2,1-4H3/t9-,10+. The molecular formula is C18H20Cl2N6O2. The van der Waals surface area contributed by atoms with Gasteiger partial charge in [0.15, 0.2) is 5.82 Å². The van der Waals surface area contributed by atoms with Gasteiger partial charge in [0.1, 0.15) is 5.15 Å². The van der Waals surface area contributed by atoms with Crippen molar-refractivity contribution in [1.82, 2.24) is 19.9 Å². The van der Waals surface area contributed by atoms with Crippen molar-refractivity contribution >= 4 is 46.6 Å². The number of halogens is 2. The van der Waals surface area contributed by atoms with Crippen molar-refractivity contribution in [3.8, 4) is 0 Å². The second kappa shape index (κ2) is 6.79. The second-order valence-corrected chi connectivity index (χ2v) is 8.35. The lowest BCUT2D eigenvalue weighted by Crippen LogP contribution is -2.46. The molecule has 2 aliphatic heterocycles. The number of nitrogens with zero attached hydrogens (tertiary/aromatic N) is 6. The molecule has 2 aliphatic rings. The molecular weight excluding hydrogens is 403 g/mol. The van der Waals surface area contributed by atoms with Crippen molar-refractivity contribution in [3.05, 3.63) is 28.4 Å². The maximum atomic E-state index is 13.1. The third-order valence-corrected chi connectivity index (χ3v) is 5.42. The Kier molecular flexibility index (Phi) is 4.68. The predicted molar refractivity (Wildman–Crippen MR) is 106 cm³/mol. The van der Waals surface area contributed by atoms with Gasteiger partial charge in [0.05, 0.1) is 35.7 Å². The van der Waals surface area contributed by atoms with Gasteiger partial charge < -0.3 is 9.64 Å². The molecule has 0 aliphatic carbocycles. The Morgan fingerprint density at radius 2 is 1.71 bits per heavy atom. The van der Waals surface area contributed by atoms with Crippen molar-refractivity contribution in [2.24, 2.45) is 0 Å². The average molecular weight is 423 g/mol. The molecule has 4 heterocycles. The van der Waals surface area contributed by atoms with Gasteiger partial charge in [0.2, 0.25) is 17.1 Å². The van der Waals surface area contributed by atoms with Crippen molar-refractivity contribution < 1.29 is 9.53 Å². The van der Waals surface area contributed by atoms with Crippen LogP contribution in [0.25, 0.3) is 0 Å². The van der Waals surface area contributed by atoms with Crippen LogP contribution in [0.1, 0.15) is 33.3 Å². The molecule has 2 atom stereocenters. The molecule has 10 heteroatoms. The number of hydrogen-bond donors (Lipinski definition) is 0. The van der Waals surface area contributed by atoms with Crippen molar-refractivity contribution in [3.63, 3.8) is 0 Å². The van der Waals surface area contributed by atoms with Crippen LogP contribution in [0.5, 0.6) is 0 Å². The minimum Gasteiger partial charge on any atom is -0.372 e. The molecule has 1 amide bonds. The van der Waals surface area contributed by atoms with Gasteiger partial charge in [-0.3, -0.25) is 9.69 Å². The summed E-state index contributed by atoms with van der Waals surface area (Å²) in [7, 11) is 0. The summed E-state index contributed by atoms with van der Waals surface area (Å²) < 4.78 is 5.75. The van der Waals surface area contributed by atoms with Crippen LogP contribution in [0, 0.1) is 0 Å². The number of ether oxygens (including phenoxy) is 1. The molecule has 2 aromatic heterocycles. The Bertz CT molecular complexity index is 926. The summed E-state index contributed by atoms with van der Waals surface area (Å²) in [5.74, 6) is 0.770. The van der Waals surface area contributed by atoms with E-state index in [0.29, 0.717) is 36.1 Å². The number of amides is 1. The zero-order chi connectivity index (χ0) is 20.2. The fourth-order valence-corrected chi connectivity index (χ4v) is 4.36. The molecule has 1 saturated heterocycles. The quantitative estimate of drug-likeness (QED) is 0.542. The van der Waals surface area contributed by atoms with Crippen LogP contribution in [0.4, 0.5) is 17.5 Å². The molecule has 0 saturated carbocycles. The Morgan fingerprint density at radius 3 is 2.32 bits per heavy atom. The topological polar surface area (TPSA) is 84.3 Å². The maximum absolute atomic E-state index is 13.1. The minimum absolute atomic E-state index is 0.0203. The summed E-state index contributed by atoms with van der Waals surface area (Å²) >= 11 is 12.2. The Hall–Kier alpha value is -2.03. The molecule has 0 N–H and O–H groups in total. The molecule has 4 rings (SSSR count). The van der Waals surface area contributed by atoms with Gasteiger partial charge in [-0.1, -0.05) is 11.6 Å². The van der Waals surface area contributed by atoms with Crippen molar-refractivity contribution in [2.45, 2.75) is 45.3 Å². The van der Waals surface area contributed by atoms with E-state index in [2.05, 4.69) is 24.8 Å². The lowest BCUT2D eigenvalue weighted by atomic mass is 9.88. The molecule has 8 nitrogen and oxygen atoms in total. The van der Waals surface area contributed by atoms with E-state index in [9.17, 15) is 4.79 Å². The summed E-state index contributed by atoms with van der Waals surface area (Å²) in [6.07, 6.45) is 3.42. The number of carbonyl (C=O) groups is 1. The van der Waals surface area contributed by atoms with Gasteiger partial charge in [0, 0.05) is 18.7 Å². The predicted octanol–water partition coefficient (Wildman–Crippen LogP) is 3.14. The third-order valence-electron chi connectivity index (χ3n) is 4.98. The van der Waals surface area contributed by atoms with Crippen LogP contribution in [0.15, 0.2) is 12.4 Å². The zero-order valence-electron chi connectivity index (χ0n) is 16.0. The molecule has 0 unspecified atom stereocenters. The maximum Gasteiger partial charge on any atom is 0.243 e. The first-order valence-electron chi connectivity index (χ1n) is 8.99. The van der Waals surface area contributed by atoms with Crippen LogP contribution in [0.2, 0.25) is 10.4 Å². The number of fused-ring (bicyclic) bond motifs is 1. The van der Waals surface area contributed by atoms with E-state index in [1.54, 1.807) is 26.2 Å². The van der Waals surface area contributed by atoms with Gasteiger partial charge in [-0.15, -0.1) is 0 Å². The van der Waals surface area contributed by atoms with E-state index in [-0.39, 0.29) is 28.6 Å². The number of rotatable bonds is 2. The number of morpholine rings is 1. The van der Waals surface area contributed by atoms with E-state index >= 15 is 0 Å². The first-order valence-corrected chi connectivity index (χ1v) is 9.74. The minimum atomic E-state index is -0.884.